The van der Waals surface area contributed by atoms with Crippen molar-refractivity contribution in [3.63, 3.8) is 0 Å². The van der Waals surface area contributed by atoms with Crippen LogP contribution in [0.1, 0.15) is 47.5 Å². The van der Waals surface area contributed by atoms with E-state index < -0.39 is 37.6 Å². The van der Waals surface area contributed by atoms with Gasteiger partial charge in [-0.25, -0.2) is 0 Å². The van der Waals surface area contributed by atoms with Crippen molar-refractivity contribution in [1.29, 1.82) is 0 Å². The molecule has 8 nitrogen and oxygen atoms in total. The Balaban J connectivity index is 1.93. The summed E-state index contributed by atoms with van der Waals surface area (Å²) in [4.78, 5) is 12.4. The van der Waals surface area contributed by atoms with Crippen LogP contribution in [0.4, 0.5) is 0 Å². The second kappa shape index (κ2) is 9.92. The van der Waals surface area contributed by atoms with Crippen molar-refractivity contribution in [2.75, 3.05) is 13.2 Å². The molecule has 0 aromatic rings. The standard InChI is InChI=1S/C17H31B2O8P/c1-10(2)22-9-17(5)14(7-16(19)26-17)27-28(20,21)23-8-13-12(24-11(3)4)6-15(18)25-13/h10-16H,6-9H2,1-5H3,(H,20,21)/p-1/t12-,13-,14-,15-,16-,17-/m1/s1. The highest BCUT2D eigenvalue weighted by molar-refractivity contribution is 7.45. The van der Waals surface area contributed by atoms with Crippen LogP contribution in [0.25, 0.3) is 0 Å². The number of hydrogen-bond acceptors (Lipinski definition) is 8. The van der Waals surface area contributed by atoms with E-state index in [0.29, 0.717) is 6.42 Å². The van der Waals surface area contributed by atoms with Crippen LogP contribution in [-0.4, -0.2) is 77.0 Å². The molecule has 1 unspecified atom stereocenters. The van der Waals surface area contributed by atoms with E-state index in [-0.39, 0.29) is 37.9 Å². The zero-order valence-corrected chi connectivity index (χ0v) is 18.1. The molecule has 28 heavy (non-hydrogen) atoms. The molecule has 2 heterocycles. The van der Waals surface area contributed by atoms with Gasteiger partial charge in [-0.2, -0.15) is 0 Å². The first kappa shape index (κ1) is 24.4. The minimum Gasteiger partial charge on any atom is -0.756 e. The number of rotatable bonds is 10. The fourth-order valence-corrected chi connectivity index (χ4v) is 4.29. The molecule has 0 bridgehead atoms. The molecule has 2 aliphatic rings. The molecule has 7 atom stereocenters. The van der Waals surface area contributed by atoms with Crippen molar-refractivity contribution in [3.8, 4) is 0 Å². The zero-order chi connectivity index (χ0) is 21.1. The second-order valence-corrected chi connectivity index (χ2v) is 9.44. The van der Waals surface area contributed by atoms with Gasteiger partial charge in [0, 0.05) is 12.0 Å². The van der Waals surface area contributed by atoms with Crippen LogP contribution in [0.15, 0.2) is 0 Å². The average Bonchev–Trinajstić information content (AvgIpc) is 3.02. The topological polar surface area (TPSA) is 95.5 Å². The predicted octanol–water partition coefficient (Wildman–Crippen LogP) is 1.03. The lowest BCUT2D eigenvalue weighted by molar-refractivity contribution is -0.238. The summed E-state index contributed by atoms with van der Waals surface area (Å²) in [5, 5.41) is 0. The smallest absolute Gasteiger partial charge is 0.268 e. The predicted molar refractivity (Wildman–Crippen MR) is 102 cm³/mol. The maximum Gasteiger partial charge on any atom is 0.268 e. The highest BCUT2D eigenvalue weighted by Gasteiger charge is 2.46. The van der Waals surface area contributed by atoms with E-state index in [0.717, 1.165) is 0 Å². The summed E-state index contributed by atoms with van der Waals surface area (Å²) in [5.74, 6) is 0. The molecule has 0 N–H and O–H groups in total. The summed E-state index contributed by atoms with van der Waals surface area (Å²) in [7, 11) is 6.98. The van der Waals surface area contributed by atoms with Gasteiger partial charge in [-0.15, -0.1) is 0 Å². The summed E-state index contributed by atoms with van der Waals surface area (Å²) >= 11 is 0. The van der Waals surface area contributed by atoms with Gasteiger partial charge < -0.3 is 32.9 Å². The lowest BCUT2D eigenvalue weighted by atomic mass is 9.93. The molecular formula is C17H30B2O8P-. The first-order valence-corrected chi connectivity index (χ1v) is 11.1. The summed E-state index contributed by atoms with van der Waals surface area (Å²) in [6, 6.07) is -1.17. The van der Waals surface area contributed by atoms with Crippen LogP contribution < -0.4 is 4.89 Å². The molecule has 2 rings (SSSR count). The molecule has 4 radical (unpaired) electrons. The van der Waals surface area contributed by atoms with Crippen molar-refractivity contribution in [1.82, 2.24) is 0 Å². The van der Waals surface area contributed by atoms with Crippen LogP contribution in [-0.2, 0) is 32.6 Å². The lowest BCUT2D eigenvalue weighted by Gasteiger charge is -2.35. The van der Waals surface area contributed by atoms with Crippen LogP contribution in [0.5, 0.6) is 0 Å². The van der Waals surface area contributed by atoms with Crippen LogP contribution >= 0.6 is 7.82 Å². The average molecular weight is 415 g/mol. The van der Waals surface area contributed by atoms with Gasteiger partial charge in [-0.1, -0.05) is 0 Å². The Morgan fingerprint density at radius 2 is 1.86 bits per heavy atom. The summed E-state index contributed by atoms with van der Waals surface area (Å²) in [6.45, 7) is 9.12. The molecule has 0 amide bonds. The highest BCUT2D eigenvalue weighted by Crippen LogP contribution is 2.46. The van der Waals surface area contributed by atoms with E-state index in [9.17, 15) is 9.46 Å². The SMILES string of the molecule is [B][C@H]1C[C@@H](OC(C)C)[C@@H](COP(=O)([O-])O[C@@H]2C[C@H]([B])O[C@]2(C)COC(C)C)O1. The largest absolute Gasteiger partial charge is 0.756 e. The van der Waals surface area contributed by atoms with E-state index in [1.807, 2.05) is 27.7 Å². The van der Waals surface area contributed by atoms with Crippen LogP contribution in [0, 0.1) is 0 Å². The fourth-order valence-electron chi connectivity index (χ4n) is 3.28. The monoisotopic (exact) mass is 415 g/mol. The van der Waals surface area contributed by atoms with Gasteiger partial charge in [0.05, 0.1) is 37.6 Å². The third-order valence-electron chi connectivity index (χ3n) is 4.58. The normalized spacial score (nSPS) is 38.4. The third kappa shape index (κ3) is 7.10. The number of hydrogen-bond donors (Lipinski definition) is 0. The Kier molecular flexibility index (Phi) is 8.63. The molecule has 2 fully saturated rings. The zero-order valence-electron chi connectivity index (χ0n) is 17.2. The Hall–Kier alpha value is 0.0799. The molecule has 2 saturated heterocycles. The molecule has 11 heteroatoms. The van der Waals surface area contributed by atoms with Gasteiger partial charge in [0.1, 0.15) is 27.4 Å². The van der Waals surface area contributed by atoms with Crippen LogP contribution in [0.2, 0.25) is 0 Å². The minimum atomic E-state index is -4.65. The van der Waals surface area contributed by atoms with Crippen molar-refractivity contribution in [2.45, 2.75) is 95.6 Å². The van der Waals surface area contributed by atoms with Gasteiger partial charge in [0.25, 0.3) is 7.82 Å². The van der Waals surface area contributed by atoms with Crippen molar-refractivity contribution >= 4 is 23.5 Å². The fraction of sp³-hybridized carbons (Fsp3) is 1.00. The summed E-state index contributed by atoms with van der Waals surface area (Å²) in [6.07, 6.45) is -1.18. The van der Waals surface area contributed by atoms with E-state index in [4.69, 9.17) is 43.7 Å². The lowest BCUT2D eigenvalue weighted by Crippen LogP contribution is -2.43. The van der Waals surface area contributed by atoms with Crippen molar-refractivity contribution < 1.29 is 37.5 Å². The maximum absolute atomic E-state index is 12.4. The molecule has 0 aromatic carbocycles. The molecule has 0 saturated carbocycles. The highest BCUT2D eigenvalue weighted by atomic mass is 31.2. The molecule has 0 aliphatic carbocycles. The summed E-state index contributed by atoms with van der Waals surface area (Å²) in [5.41, 5.74) is -0.997. The van der Waals surface area contributed by atoms with Crippen molar-refractivity contribution in [3.05, 3.63) is 0 Å². The van der Waals surface area contributed by atoms with E-state index in [1.54, 1.807) is 6.92 Å². The first-order valence-electron chi connectivity index (χ1n) is 9.65. The molecule has 0 spiro atoms. The number of ether oxygens (including phenoxy) is 4. The molecule has 158 valence electrons. The summed E-state index contributed by atoms with van der Waals surface area (Å²) < 4.78 is 45.2. The van der Waals surface area contributed by atoms with Gasteiger partial charge in [0.2, 0.25) is 0 Å². The Morgan fingerprint density at radius 1 is 1.18 bits per heavy atom. The van der Waals surface area contributed by atoms with Gasteiger partial charge >= 0.3 is 0 Å². The van der Waals surface area contributed by atoms with Gasteiger partial charge in [0.15, 0.2) is 0 Å². The minimum absolute atomic E-state index is 0.0458. The maximum atomic E-state index is 12.4. The van der Waals surface area contributed by atoms with Gasteiger partial charge in [-0.3, -0.25) is 4.57 Å². The van der Waals surface area contributed by atoms with Crippen molar-refractivity contribution in [2.24, 2.45) is 0 Å². The quantitative estimate of drug-likeness (QED) is 0.386. The van der Waals surface area contributed by atoms with E-state index in [2.05, 4.69) is 0 Å². The first-order chi connectivity index (χ1) is 12.9. The Bertz CT molecular complexity index is 551. The Morgan fingerprint density at radius 3 is 2.46 bits per heavy atom. The Labute approximate surface area is 170 Å². The van der Waals surface area contributed by atoms with E-state index >= 15 is 0 Å². The number of phosphoric ester groups is 1. The number of phosphoric acid groups is 1. The van der Waals surface area contributed by atoms with E-state index in [1.165, 1.54) is 0 Å². The van der Waals surface area contributed by atoms with Gasteiger partial charge in [-0.05, 0) is 47.5 Å². The third-order valence-corrected chi connectivity index (χ3v) is 5.56. The molecular weight excluding hydrogens is 385 g/mol. The van der Waals surface area contributed by atoms with Crippen LogP contribution in [0.3, 0.4) is 0 Å². The molecule has 0 aromatic heterocycles. The molecule has 2 aliphatic heterocycles. The second-order valence-electron chi connectivity index (χ2n) is 8.07.